The fourth-order valence-electron chi connectivity index (χ4n) is 1.55. The van der Waals surface area contributed by atoms with Crippen LogP contribution in [-0.2, 0) is 11.2 Å². The van der Waals surface area contributed by atoms with Gasteiger partial charge >= 0.3 is 0 Å². The van der Waals surface area contributed by atoms with Gasteiger partial charge in [0.05, 0.1) is 0 Å². The molecule has 0 spiro atoms. The van der Waals surface area contributed by atoms with Gasteiger partial charge in [0, 0.05) is 0 Å². The number of nitrogens with one attached hydrogen (secondary N) is 1. The van der Waals surface area contributed by atoms with Crippen LogP contribution in [0, 0.1) is 13.8 Å². The molecule has 1 amide bonds. The SMILES string of the molecule is CCc1nnc(NC(=O)COc2ccc(C)c(C)c2)s1. The molecule has 0 saturated heterocycles. The lowest BCUT2D eigenvalue weighted by molar-refractivity contribution is -0.118. The van der Waals surface area contributed by atoms with Crippen LogP contribution in [0.15, 0.2) is 18.2 Å². The van der Waals surface area contributed by atoms with Gasteiger partial charge in [-0.2, -0.15) is 0 Å². The molecule has 0 bridgehead atoms. The van der Waals surface area contributed by atoms with E-state index in [-0.39, 0.29) is 12.5 Å². The molecule has 106 valence electrons. The number of nitrogens with zero attached hydrogens (tertiary/aromatic N) is 2. The van der Waals surface area contributed by atoms with Gasteiger partial charge in [-0.05, 0) is 43.5 Å². The van der Waals surface area contributed by atoms with Gasteiger partial charge in [0.25, 0.3) is 5.91 Å². The number of ether oxygens (including phenoxy) is 1. The molecule has 0 unspecified atom stereocenters. The highest BCUT2D eigenvalue weighted by Crippen LogP contribution is 2.17. The monoisotopic (exact) mass is 291 g/mol. The summed E-state index contributed by atoms with van der Waals surface area (Å²) in [5.41, 5.74) is 2.34. The molecule has 0 saturated carbocycles. The summed E-state index contributed by atoms with van der Waals surface area (Å²) in [5, 5.41) is 11.9. The molecule has 2 aromatic rings. The minimum Gasteiger partial charge on any atom is -0.484 e. The molecule has 1 heterocycles. The Hall–Kier alpha value is -1.95. The van der Waals surface area contributed by atoms with Gasteiger partial charge in [0.1, 0.15) is 10.8 Å². The molecule has 0 atom stereocenters. The summed E-state index contributed by atoms with van der Waals surface area (Å²) in [6.07, 6.45) is 0.812. The molecule has 5 nitrogen and oxygen atoms in total. The third kappa shape index (κ3) is 3.77. The number of hydrogen-bond acceptors (Lipinski definition) is 5. The summed E-state index contributed by atoms with van der Waals surface area (Å²) < 4.78 is 5.45. The van der Waals surface area contributed by atoms with E-state index in [4.69, 9.17) is 4.74 Å². The Morgan fingerprint density at radius 3 is 2.75 bits per heavy atom. The maximum Gasteiger partial charge on any atom is 0.264 e. The van der Waals surface area contributed by atoms with Crippen LogP contribution in [0.3, 0.4) is 0 Å². The van der Waals surface area contributed by atoms with Crippen molar-refractivity contribution < 1.29 is 9.53 Å². The van der Waals surface area contributed by atoms with E-state index < -0.39 is 0 Å². The number of aryl methyl sites for hydroxylation is 3. The fraction of sp³-hybridized carbons (Fsp3) is 0.357. The van der Waals surface area contributed by atoms with Gasteiger partial charge in [-0.1, -0.05) is 24.3 Å². The van der Waals surface area contributed by atoms with Gasteiger partial charge in [0.2, 0.25) is 5.13 Å². The van der Waals surface area contributed by atoms with E-state index >= 15 is 0 Å². The molecule has 1 aromatic heterocycles. The normalized spacial score (nSPS) is 10.3. The molecule has 6 heteroatoms. The molecule has 20 heavy (non-hydrogen) atoms. The minimum absolute atomic E-state index is 0.0382. The molecule has 0 fully saturated rings. The van der Waals surface area contributed by atoms with Gasteiger partial charge in [-0.25, -0.2) is 0 Å². The van der Waals surface area contributed by atoms with E-state index in [1.807, 2.05) is 39.0 Å². The van der Waals surface area contributed by atoms with E-state index in [0.717, 1.165) is 17.0 Å². The van der Waals surface area contributed by atoms with Crippen molar-refractivity contribution in [2.75, 3.05) is 11.9 Å². The van der Waals surface area contributed by atoms with Crippen molar-refractivity contribution in [1.29, 1.82) is 0 Å². The van der Waals surface area contributed by atoms with E-state index in [2.05, 4.69) is 15.5 Å². The maximum atomic E-state index is 11.7. The van der Waals surface area contributed by atoms with Crippen molar-refractivity contribution >= 4 is 22.4 Å². The van der Waals surface area contributed by atoms with Gasteiger partial charge in [-0.15, -0.1) is 10.2 Å². The summed E-state index contributed by atoms with van der Waals surface area (Å²) in [6.45, 7) is 6.00. The van der Waals surface area contributed by atoms with Crippen molar-refractivity contribution in [1.82, 2.24) is 10.2 Å². The highest BCUT2D eigenvalue weighted by molar-refractivity contribution is 7.15. The Bertz CT molecular complexity index is 610. The number of amides is 1. The highest BCUT2D eigenvalue weighted by Gasteiger charge is 2.08. The number of carbonyl (C=O) groups excluding carboxylic acids is 1. The predicted molar refractivity (Wildman–Crippen MR) is 79.3 cm³/mol. The second-order valence-corrected chi connectivity index (χ2v) is 5.50. The molecule has 1 aromatic carbocycles. The minimum atomic E-state index is -0.234. The fourth-order valence-corrected chi connectivity index (χ4v) is 2.25. The van der Waals surface area contributed by atoms with Gasteiger partial charge in [-0.3, -0.25) is 10.1 Å². The molecule has 0 aliphatic rings. The average Bonchev–Trinajstić information content (AvgIpc) is 2.88. The van der Waals surface area contributed by atoms with Gasteiger partial charge < -0.3 is 4.74 Å². The third-order valence-electron chi connectivity index (χ3n) is 2.86. The second-order valence-electron chi connectivity index (χ2n) is 4.44. The van der Waals surface area contributed by atoms with Crippen molar-refractivity contribution in [3.05, 3.63) is 34.3 Å². The van der Waals surface area contributed by atoms with Crippen molar-refractivity contribution in [3.8, 4) is 5.75 Å². The number of benzene rings is 1. The van der Waals surface area contributed by atoms with Crippen LogP contribution < -0.4 is 10.1 Å². The number of anilines is 1. The number of carbonyl (C=O) groups is 1. The summed E-state index contributed by atoms with van der Waals surface area (Å²) in [6, 6.07) is 5.75. The van der Waals surface area contributed by atoms with Crippen LogP contribution >= 0.6 is 11.3 Å². The van der Waals surface area contributed by atoms with Crippen LogP contribution in [0.1, 0.15) is 23.1 Å². The number of hydrogen-bond donors (Lipinski definition) is 1. The molecular formula is C14H17N3O2S. The van der Waals surface area contributed by atoms with E-state index in [0.29, 0.717) is 10.9 Å². The zero-order chi connectivity index (χ0) is 14.5. The van der Waals surface area contributed by atoms with Crippen LogP contribution in [0.4, 0.5) is 5.13 Å². The maximum absolute atomic E-state index is 11.7. The first kappa shape index (κ1) is 14.5. The van der Waals surface area contributed by atoms with Crippen molar-refractivity contribution in [2.45, 2.75) is 27.2 Å². The largest absolute Gasteiger partial charge is 0.484 e. The average molecular weight is 291 g/mol. The number of rotatable bonds is 5. The zero-order valence-corrected chi connectivity index (χ0v) is 12.6. The summed E-state index contributed by atoms with van der Waals surface area (Å²) in [7, 11) is 0. The molecule has 1 N–H and O–H groups in total. The van der Waals surface area contributed by atoms with E-state index in [9.17, 15) is 4.79 Å². The Morgan fingerprint density at radius 1 is 1.30 bits per heavy atom. The quantitative estimate of drug-likeness (QED) is 0.920. The summed E-state index contributed by atoms with van der Waals surface area (Å²) in [5.74, 6) is 0.455. The molecule has 0 aliphatic carbocycles. The summed E-state index contributed by atoms with van der Waals surface area (Å²) in [4.78, 5) is 11.7. The standard InChI is InChI=1S/C14H17N3O2S/c1-4-13-16-17-14(20-13)15-12(18)8-19-11-6-5-9(2)10(3)7-11/h5-7H,4,8H2,1-3H3,(H,15,17,18). The van der Waals surface area contributed by atoms with Crippen molar-refractivity contribution in [2.24, 2.45) is 0 Å². The predicted octanol–water partition coefficient (Wildman–Crippen LogP) is 2.73. The van der Waals surface area contributed by atoms with Crippen molar-refractivity contribution in [3.63, 3.8) is 0 Å². The van der Waals surface area contributed by atoms with Crippen LogP contribution in [0.5, 0.6) is 5.75 Å². The van der Waals surface area contributed by atoms with Crippen LogP contribution in [0.25, 0.3) is 0 Å². The van der Waals surface area contributed by atoms with Crippen LogP contribution in [-0.4, -0.2) is 22.7 Å². The first-order valence-corrected chi connectivity index (χ1v) is 7.22. The van der Waals surface area contributed by atoms with E-state index in [1.54, 1.807) is 0 Å². The first-order chi connectivity index (χ1) is 9.58. The van der Waals surface area contributed by atoms with E-state index in [1.165, 1.54) is 16.9 Å². The second kappa shape index (κ2) is 6.47. The zero-order valence-electron chi connectivity index (χ0n) is 11.8. The van der Waals surface area contributed by atoms with Gasteiger partial charge in [0.15, 0.2) is 6.61 Å². The topological polar surface area (TPSA) is 64.1 Å². The molecular weight excluding hydrogens is 274 g/mol. The van der Waals surface area contributed by atoms with Crippen LogP contribution in [0.2, 0.25) is 0 Å². The number of aromatic nitrogens is 2. The Morgan fingerprint density at radius 2 is 2.10 bits per heavy atom. The molecule has 0 aliphatic heterocycles. The lowest BCUT2D eigenvalue weighted by Gasteiger charge is -2.07. The third-order valence-corrected chi connectivity index (χ3v) is 3.85. The Balaban J connectivity index is 1.87. The first-order valence-electron chi connectivity index (χ1n) is 6.40. The highest BCUT2D eigenvalue weighted by atomic mass is 32.1. The lowest BCUT2D eigenvalue weighted by Crippen LogP contribution is -2.20. The smallest absolute Gasteiger partial charge is 0.264 e. The lowest BCUT2D eigenvalue weighted by atomic mass is 10.1. The molecule has 0 radical (unpaired) electrons. The Labute approximate surface area is 122 Å². The Kier molecular flexibility index (Phi) is 4.68. The molecule has 2 rings (SSSR count). The summed E-state index contributed by atoms with van der Waals surface area (Å²) >= 11 is 1.38.